The van der Waals surface area contributed by atoms with Crippen molar-refractivity contribution in [2.24, 2.45) is 5.92 Å². The standard InChI is InChI=1S/C15H25FN4/c1-5-17-8-12-6-7-18-15(14(12)16)20-9-11(2)13(10-20)19(3)4/h6-7,11,13,17H,5,8-10H2,1-4H3. The van der Waals surface area contributed by atoms with Gasteiger partial charge in [-0.1, -0.05) is 13.8 Å². The number of nitrogens with one attached hydrogen (secondary N) is 1. The molecule has 4 nitrogen and oxygen atoms in total. The van der Waals surface area contributed by atoms with Gasteiger partial charge in [0, 0.05) is 37.4 Å². The molecule has 1 aromatic heterocycles. The van der Waals surface area contributed by atoms with Gasteiger partial charge >= 0.3 is 0 Å². The minimum atomic E-state index is -0.181. The van der Waals surface area contributed by atoms with Crippen LogP contribution in [0.25, 0.3) is 0 Å². The lowest BCUT2D eigenvalue weighted by Crippen LogP contribution is -2.34. The summed E-state index contributed by atoms with van der Waals surface area (Å²) in [6.45, 7) is 7.31. The molecule has 2 heterocycles. The van der Waals surface area contributed by atoms with Crippen LogP contribution in [-0.2, 0) is 6.54 Å². The highest BCUT2D eigenvalue weighted by molar-refractivity contribution is 5.44. The highest BCUT2D eigenvalue weighted by Crippen LogP contribution is 2.27. The Hall–Kier alpha value is -1.20. The zero-order valence-corrected chi connectivity index (χ0v) is 12.9. The highest BCUT2D eigenvalue weighted by Gasteiger charge is 2.33. The van der Waals surface area contributed by atoms with Crippen LogP contribution in [0, 0.1) is 11.7 Å². The lowest BCUT2D eigenvalue weighted by atomic mass is 10.1. The summed E-state index contributed by atoms with van der Waals surface area (Å²) in [4.78, 5) is 8.54. The quantitative estimate of drug-likeness (QED) is 0.890. The Morgan fingerprint density at radius 2 is 2.20 bits per heavy atom. The number of halogens is 1. The van der Waals surface area contributed by atoms with E-state index in [1.54, 1.807) is 12.3 Å². The Labute approximate surface area is 121 Å². The molecule has 112 valence electrons. The smallest absolute Gasteiger partial charge is 0.170 e. The zero-order valence-electron chi connectivity index (χ0n) is 12.9. The van der Waals surface area contributed by atoms with E-state index >= 15 is 0 Å². The molecule has 1 aromatic rings. The van der Waals surface area contributed by atoms with Crippen LogP contribution in [0.15, 0.2) is 12.3 Å². The highest BCUT2D eigenvalue weighted by atomic mass is 19.1. The number of anilines is 1. The second-order valence-electron chi connectivity index (χ2n) is 5.80. The molecule has 1 saturated heterocycles. The molecule has 1 fully saturated rings. The third-order valence-corrected chi connectivity index (χ3v) is 4.05. The van der Waals surface area contributed by atoms with Gasteiger partial charge in [0.15, 0.2) is 11.6 Å². The molecule has 0 amide bonds. The van der Waals surface area contributed by atoms with Crippen LogP contribution < -0.4 is 10.2 Å². The molecule has 5 heteroatoms. The first-order chi connectivity index (χ1) is 9.54. The van der Waals surface area contributed by atoms with E-state index in [1.165, 1.54) is 0 Å². The van der Waals surface area contributed by atoms with E-state index in [2.05, 4.69) is 41.1 Å². The van der Waals surface area contributed by atoms with Gasteiger partial charge in [-0.15, -0.1) is 0 Å². The Morgan fingerprint density at radius 3 is 2.80 bits per heavy atom. The van der Waals surface area contributed by atoms with Gasteiger partial charge in [0.1, 0.15) is 0 Å². The molecule has 0 saturated carbocycles. The normalized spacial score (nSPS) is 22.8. The van der Waals surface area contributed by atoms with Gasteiger partial charge in [-0.2, -0.15) is 0 Å². The lowest BCUT2D eigenvalue weighted by Gasteiger charge is -2.23. The molecule has 2 atom stereocenters. The van der Waals surface area contributed by atoms with E-state index in [1.807, 2.05) is 6.92 Å². The molecular weight excluding hydrogens is 255 g/mol. The average Bonchev–Trinajstić information content (AvgIpc) is 2.79. The Balaban J connectivity index is 2.17. The molecule has 1 aliphatic heterocycles. The molecule has 20 heavy (non-hydrogen) atoms. The summed E-state index contributed by atoms with van der Waals surface area (Å²) >= 11 is 0. The molecule has 1 aliphatic rings. The van der Waals surface area contributed by atoms with E-state index in [-0.39, 0.29) is 5.82 Å². The summed E-state index contributed by atoms with van der Waals surface area (Å²) in [5.41, 5.74) is 0.692. The summed E-state index contributed by atoms with van der Waals surface area (Å²) in [6.07, 6.45) is 1.71. The second-order valence-corrected chi connectivity index (χ2v) is 5.80. The van der Waals surface area contributed by atoms with Crippen molar-refractivity contribution in [3.05, 3.63) is 23.6 Å². The number of hydrogen-bond acceptors (Lipinski definition) is 4. The van der Waals surface area contributed by atoms with E-state index in [0.717, 1.165) is 19.6 Å². The summed E-state index contributed by atoms with van der Waals surface area (Å²) < 4.78 is 14.5. The first-order valence-electron chi connectivity index (χ1n) is 7.30. The van der Waals surface area contributed by atoms with Crippen LogP contribution in [0.4, 0.5) is 10.2 Å². The van der Waals surface area contributed by atoms with Gasteiger partial charge in [0.25, 0.3) is 0 Å². The first kappa shape index (κ1) is 15.2. The average molecular weight is 280 g/mol. The van der Waals surface area contributed by atoms with E-state index in [4.69, 9.17) is 0 Å². The van der Waals surface area contributed by atoms with Crippen molar-refractivity contribution < 1.29 is 4.39 Å². The Morgan fingerprint density at radius 1 is 1.45 bits per heavy atom. The van der Waals surface area contributed by atoms with Crippen LogP contribution in [0.2, 0.25) is 0 Å². The van der Waals surface area contributed by atoms with Gasteiger partial charge < -0.3 is 15.1 Å². The van der Waals surface area contributed by atoms with Crippen molar-refractivity contribution in [1.82, 2.24) is 15.2 Å². The van der Waals surface area contributed by atoms with Gasteiger partial charge in [0.2, 0.25) is 0 Å². The monoisotopic (exact) mass is 280 g/mol. The van der Waals surface area contributed by atoms with Crippen molar-refractivity contribution in [2.75, 3.05) is 38.6 Å². The lowest BCUT2D eigenvalue weighted by molar-refractivity contribution is 0.266. The predicted molar refractivity (Wildman–Crippen MR) is 80.4 cm³/mol. The number of aromatic nitrogens is 1. The molecule has 1 N–H and O–H groups in total. The van der Waals surface area contributed by atoms with Crippen molar-refractivity contribution in [2.45, 2.75) is 26.4 Å². The number of nitrogens with zero attached hydrogens (tertiary/aromatic N) is 3. The predicted octanol–water partition coefficient (Wildman–Crippen LogP) is 1.72. The summed E-state index contributed by atoms with van der Waals surface area (Å²) in [7, 11) is 4.16. The summed E-state index contributed by atoms with van der Waals surface area (Å²) in [5, 5.41) is 3.16. The summed E-state index contributed by atoms with van der Waals surface area (Å²) in [5.74, 6) is 0.834. The molecule has 0 radical (unpaired) electrons. The summed E-state index contributed by atoms with van der Waals surface area (Å²) in [6, 6.07) is 2.21. The van der Waals surface area contributed by atoms with Crippen LogP contribution >= 0.6 is 0 Å². The fraction of sp³-hybridized carbons (Fsp3) is 0.667. The third-order valence-electron chi connectivity index (χ3n) is 4.05. The third kappa shape index (κ3) is 3.10. The molecule has 2 rings (SSSR count). The Kier molecular flexibility index (Phi) is 4.94. The van der Waals surface area contributed by atoms with Gasteiger partial charge in [-0.25, -0.2) is 9.37 Å². The van der Waals surface area contributed by atoms with Crippen molar-refractivity contribution in [3.63, 3.8) is 0 Å². The number of pyridine rings is 1. The maximum atomic E-state index is 14.5. The van der Waals surface area contributed by atoms with Gasteiger partial charge in [-0.3, -0.25) is 0 Å². The van der Waals surface area contributed by atoms with Gasteiger partial charge in [0.05, 0.1) is 0 Å². The maximum Gasteiger partial charge on any atom is 0.170 e. The van der Waals surface area contributed by atoms with Crippen molar-refractivity contribution in [1.29, 1.82) is 0 Å². The maximum absolute atomic E-state index is 14.5. The fourth-order valence-corrected chi connectivity index (χ4v) is 2.88. The topological polar surface area (TPSA) is 31.4 Å². The second kappa shape index (κ2) is 6.50. The number of rotatable bonds is 5. The van der Waals surface area contributed by atoms with Crippen LogP contribution in [-0.4, -0.2) is 49.7 Å². The van der Waals surface area contributed by atoms with Crippen LogP contribution in [0.5, 0.6) is 0 Å². The molecule has 2 unspecified atom stereocenters. The van der Waals surface area contributed by atoms with E-state index in [9.17, 15) is 4.39 Å². The fourth-order valence-electron chi connectivity index (χ4n) is 2.88. The van der Waals surface area contributed by atoms with E-state index < -0.39 is 0 Å². The van der Waals surface area contributed by atoms with Crippen molar-refractivity contribution in [3.8, 4) is 0 Å². The minimum absolute atomic E-state index is 0.181. The largest absolute Gasteiger partial charge is 0.352 e. The molecule has 0 aromatic carbocycles. The molecule has 0 bridgehead atoms. The van der Waals surface area contributed by atoms with Crippen LogP contribution in [0.3, 0.4) is 0 Å². The molecule has 0 aliphatic carbocycles. The molecular formula is C15H25FN4. The zero-order chi connectivity index (χ0) is 14.7. The number of hydrogen-bond donors (Lipinski definition) is 1. The van der Waals surface area contributed by atoms with Crippen LogP contribution in [0.1, 0.15) is 19.4 Å². The molecule has 0 spiro atoms. The van der Waals surface area contributed by atoms with Gasteiger partial charge in [-0.05, 0) is 32.6 Å². The number of likely N-dealkylation sites (N-methyl/N-ethyl adjacent to an activating group) is 1. The van der Waals surface area contributed by atoms with E-state index in [0.29, 0.717) is 29.9 Å². The van der Waals surface area contributed by atoms with Crippen molar-refractivity contribution >= 4 is 5.82 Å². The minimum Gasteiger partial charge on any atom is -0.352 e. The Bertz CT molecular complexity index is 449. The SMILES string of the molecule is CCNCc1ccnc(N2CC(C)C(N(C)C)C2)c1F. The first-order valence-corrected chi connectivity index (χ1v) is 7.30.